The van der Waals surface area contributed by atoms with E-state index in [0.717, 1.165) is 6.42 Å². The molecule has 0 spiro atoms. The van der Waals surface area contributed by atoms with Gasteiger partial charge < -0.3 is 5.73 Å². The molecule has 0 aromatic carbocycles. The van der Waals surface area contributed by atoms with Crippen LogP contribution in [0.4, 0.5) is 0 Å². The Labute approximate surface area is 230 Å². The highest BCUT2D eigenvalue weighted by Gasteiger charge is 2.31. The molecule has 2 unspecified atom stereocenters. The summed E-state index contributed by atoms with van der Waals surface area (Å²) in [5.41, 5.74) is 6.66. The molecule has 216 valence electrons. The van der Waals surface area contributed by atoms with Crippen LogP contribution in [0.1, 0.15) is 195 Å². The number of unbranched alkanes of at least 4 members (excludes halogenated alkanes) is 21. The van der Waals surface area contributed by atoms with Gasteiger partial charge in [0.15, 0.2) is 0 Å². The van der Waals surface area contributed by atoms with Crippen LogP contribution in [0.2, 0.25) is 0 Å². The number of hydrogen-bond acceptors (Lipinski definition) is 1. The van der Waals surface area contributed by atoms with Gasteiger partial charge in [-0.05, 0) is 44.9 Å². The zero-order valence-corrected chi connectivity index (χ0v) is 25.9. The molecule has 0 radical (unpaired) electrons. The van der Waals surface area contributed by atoms with Crippen LogP contribution in [-0.4, -0.2) is 5.54 Å². The lowest BCUT2D eigenvalue weighted by atomic mass is 9.72. The third kappa shape index (κ3) is 22.9. The predicted octanol–water partition coefficient (Wildman–Crippen LogP) is 12.3. The molecule has 0 aromatic rings. The Balaban J connectivity index is 3.98. The Bertz CT molecular complexity index is 434. The molecule has 0 fully saturated rings. The first-order valence-electron chi connectivity index (χ1n) is 16.9. The zero-order valence-electron chi connectivity index (χ0n) is 25.9. The maximum Gasteiger partial charge on any atom is 0.0128 e. The van der Waals surface area contributed by atoms with E-state index in [2.05, 4.69) is 40.3 Å². The molecule has 2 N–H and O–H groups in total. The van der Waals surface area contributed by atoms with Gasteiger partial charge in [-0.15, -0.1) is 6.58 Å². The molecule has 1 nitrogen and oxygen atoms in total. The smallest absolute Gasteiger partial charge is 0.0128 e. The van der Waals surface area contributed by atoms with Crippen LogP contribution < -0.4 is 5.73 Å². The third-order valence-corrected chi connectivity index (χ3v) is 8.54. The molecule has 0 aliphatic heterocycles. The van der Waals surface area contributed by atoms with E-state index >= 15 is 0 Å². The van der Waals surface area contributed by atoms with Gasteiger partial charge >= 0.3 is 0 Å². The standard InChI is InChI=1S/C35H71N/c1-6-9-11-13-15-17-18-19-20-21-23-25-27-29-32-34(35(4,5)36)33(30-8-3)31-28-26-24-22-16-14-12-10-7-2/h8,33-34H,3,6-7,9-32,36H2,1-2,4-5H3. The van der Waals surface area contributed by atoms with Crippen LogP contribution in [0, 0.1) is 11.8 Å². The van der Waals surface area contributed by atoms with Gasteiger partial charge in [-0.1, -0.05) is 168 Å². The van der Waals surface area contributed by atoms with Crippen LogP contribution in [0.15, 0.2) is 12.7 Å². The van der Waals surface area contributed by atoms with Gasteiger partial charge in [-0.2, -0.15) is 0 Å². The van der Waals surface area contributed by atoms with Crippen molar-refractivity contribution in [3.8, 4) is 0 Å². The number of rotatable bonds is 29. The molecule has 36 heavy (non-hydrogen) atoms. The molecular weight excluding hydrogens is 434 g/mol. The summed E-state index contributed by atoms with van der Waals surface area (Å²) < 4.78 is 0. The second kappa shape index (κ2) is 26.3. The second-order valence-corrected chi connectivity index (χ2v) is 12.7. The minimum atomic E-state index is -0.0799. The first-order valence-corrected chi connectivity index (χ1v) is 16.9. The maximum absolute atomic E-state index is 6.74. The zero-order chi connectivity index (χ0) is 26.7. The monoisotopic (exact) mass is 506 g/mol. The number of allylic oxidation sites excluding steroid dienone is 1. The summed E-state index contributed by atoms with van der Waals surface area (Å²) in [6.07, 6.45) is 38.7. The van der Waals surface area contributed by atoms with Crippen molar-refractivity contribution in [2.24, 2.45) is 17.6 Å². The Kier molecular flexibility index (Phi) is 26.1. The summed E-state index contributed by atoms with van der Waals surface area (Å²) in [6.45, 7) is 13.2. The number of hydrogen-bond donors (Lipinski definition) is 1. The van der Waals surface area contributed by atoms with Crippen molar-refractivity contribution in [3.63, 3.8) is 0 Å². The van der Waals surface area contributed by atoms with Gasteiger partial charge in [-0.3, -0.25) is 0 Å². The molecule has 1 heteroatoms. The Hall–Kier alpha value is -0.300. The van der Waals surface area contributed by atoms with Crippen LogP contribution in [0.5, 0.6) is 0 Å². The van der Waals surface area contributed by atoms with Crippen LogP contribution >= 0.6 is 0 Å². The van der Waals surface area contributed by atoms with Gasteiger partial charge in [0.2, 0.25) is 0 Å². The molecule has 0 amide bonds. The number of nitrogens with two attached hydrogens (primary N) is 1. The van der Waals surface area contributed by atoms with Gasteiger partial charge in [0.1, 0.15) is 0 Å². The van der Waals surface area contributed by atoms with Crippen molar-refractivity contribution in [2.75, 3.05) is 0 Å². The molecule has 0 aliphatic carbocycles. The Morgan fingerprint density at radius 2 is 0.833 bits per heavy atom. The average Bonchev–Trinajstić information content (AvgIpc) is 2.84. The molecule has 0 heterocycles. The lowest BCUT2D eigenvalue weighted by molar-refractivity contribution is 0.184. The van der Waals surface area contributed by atoms with Gasteiger partial charge in [0.05, 0.1) is 0 Å². The fraction of sp³-hybridized carbons (Fsp3) is 0.943. The van der Waals surface area contributed by atoms with Crippen molar-refractivity contribution in [1.29, 1.82) is 0 Å². The highest BCUT2D eigenvalue weighted by molar-refractivity contribution is 4.90. The summed E-state index contributed by atoms with van der Waals surface area (Å²) >= 11 is 0. The minimum Gasteiger partial charge on any atom is -0.325 e. The molecule has 0 bridgehead atoms. The highest BCUT2D eigenvalue weighted by atomic mass is 14.7. The van der Waals surface area contributed by atoms with E-state index in [1.165, 1.54) is 161 Å². The quantitative estimate of drug-likeness (QED) is 0.0793. The average molecular weight is 506 g/mol. The van der Waals surface area contributed by atoms with E-state index < -0.39 is 0 Å². The molecule has 0 saturated heterocycles. The molecule has 0 aliphatic rings. The molecule has 0 rings (SSSR count). The summed E-state index contributed by atoms with van der Waals surface area (Å²) in [7, 11) is 0. The first-order chi connectivity index (χ1) is 17.5. The van der Waals surface area contributed by atoms with Gasteiger partial charge in [0, 0.05) is 5.54 Å². The third-order valence-electron chi connectivity index (χ3n) is 8.54. The van der Waals surface area contributed by atoms with Crippen LogP contribution in [0.3, 0.4) is 0 Å². The van der Waals surface area contributed by atoms with Gasteiger partial charge in [0.25, 0.3) is 0 Å². The van der Waals surface area contributed by atoms with Crippen LogP contribution in [0.25, 0.3) is 0 Å². The minimum absolute atomic E-state index is 0.0799. The topological polar surface area (TPSA) is 26.0 Å². The first kappa shape index (κ1) is 35.7. The van der Waals surface area contributed by atoms with Crippen molar-refractivity contribution in [2.45, 2.75) is 200 Å². The fourth-order valence-corrected chi connectivity index (χ4v) is 6.19. The van der Waals surface area contributed by atoms with Crippen molar-refractivity contribution in [1.82, 2.24) is 0 Å². The van der Waals surface area contributed by atoms with Crippen molar-refractivity contribution in [3.05, 3.63) is 12.7 Å². The van der Waals surface area contributed by atoms with Crippen molar-refractivity contribution >= 4 is 0 Å². The SMILES string of the molecule is C=CCC(CCCCCCCCCCC)C(CCCCCCCCCCCCCCCC)C(C)(C)N. The van der Waals surface area contributed by atoms with Crippen LogP contribution in [-0.2, 0) is 0 Å². The largest absolute Gasteiger partial charge is 0.325 e. The second-order valence-electron chi connectivity index (χ2n) is 12.7. The lowest BCUT2D eigenvalue weighted by Gasteiger charge is -2.37. The molecule has 0 saturated carbocycles. The van der Waals surface area contributed by atoms with Gasteiger partial charge in [-0.25, -0.2) is 0 Å². The van der Waals surface area contributed by atoms with E-state index in [1.54, 1.807) is 0 Å². The highest BCUT2D eigenvalue weighted by Crippen LogP contribution is 2.34. The Morgan fingerprint density at radius 3 is 1.14 bits per heavy atom. The van der Waals surface area contributed by atoms with Crippen molar-refractivity contribution < 1.29 is 0 Å². The van der Waals surface area contributed by atoms with E-state index in [1.807, 2.05) is 0 Å². The fourth-order valence-electron chi connectivity index (χ4n) is 6.19. The maximum atomic E-state index is 6.74. The van der Waals surface area contributed by atoms with E-state index in [-0.39, 0.29) is 5.54 Å². The van der Waals surface area contributed by atoms with E-state index in [9.17, 15) is 0 Å². The summed E-state index contributed by atoms with van der Waals surface area (Å²) in [4.78, 5) is 0. The predicted molar refractivity (Wildman–Crippen MR) is 167 cm³/mol. The molecule has 2 atom stereocenters. The Morgan fingerprint density at radius 1 is 0.528 bits per heavy atom. The lowest BCUT2D eigenvalue weighted by Crippen LogP contribution is -2.44. The normalized spacial score (nSPS) is 13.7. The summed E-state index contributed by atoms with van der Waals surface area (Å²) in [6, 6.07) is 0. The summed E-state index contributed by atoms with van der Waals surface area (Å²) in [5, 5.41) is 0. The summed E-state index contributed by atoms with van der Waals surface area (Å²) in [5.74, 6) is 1.34. The van der Waals surface area contributed by atoms with E-state index in [0.29, 0.717) is 11.8 Å². The molecule has 0 aromatic heterocycles. The molecular formula is C35H71N. The van der Waals surface area contributed by atoms with E-state index in [4.69, 9.17) is 5.73 Å².